The van der Waals surface area contributed by atoms with E-state index in [9.17, 15) is 9.90 Å². The zero-order valence-electron chi connectivity index (χ0n) is 16.5. The Hall–Kier alpha value is -1.39. The lowest BCUT2D eigenvalue weighted by Crippen LogP contribution is -2.49. The fourth-order valence-corrected chi connectivity index (χ4v) is 8.99. The lowest BCUT2D eigenvalue weighted by atomic mass is 10.1. The molecule has 1 atom stereocenters. The Morgan fingerprint density at radius 3 is 2.04 bits per heavy atom. The highest BCUT2D eigenvalue weighted by molar-refractivity contribution is 6.78. The molecule has 0 heterocycles. The first kappa shape index (κ1) is 21.6. The molecule has 3 nitrogen and oxygen atoms in total. The Morgan fingerprint density at radius 1 is 1.04 bits per heavy atom. The summed E-state index contributed by atoms with van der Waals surface area (Å²) in [6, 6.07) is 9.49. The van der Waals surface area contributed by atoms with Gasteiger partial charge in [-0.05, 0) is 28.6 Å². The number of hydrogen-bond acceptors (Lipinski definition) is 3. The second-order valence-electron chi connectivity index (χ2n) is 7.61. The molecule has 0 saturated heterocycles. The van der Waals surface area contributed by atoms with Gasteiger partial charge < -0.3 is 9.53 Å². The molecule has 0 saturated carbocycles. The summed E-state index contributed by atoms with van der Waals surface area (Å²) < 4.78 is 6.12. The minimum Gasteiger partial charge on any atom is -0.518 e. The Morgan fingerprint density at radius 2 is 1.56 bits per heavy atom. The van der Waals surface area contributed by atoms with Crippen LogP contribution in [0.3, 0.4) is 0 Å². The van der Waals surface area contributed by atoms with Gasteiger partial charge in [0.05, 0.1) is 6.10 Å². The maximum absolute atomic E-state index is 12.4. The van der Waals surface area contributed by atoms with E-state index in [1.807, 2.05) is 36.4 Å². The molecule has 140 valence electrons. The highest BCUT2D eigenvalue weighted by Gasteiger charge is 2.47. The van der Waals surface area contributed by atoms with Crippen molar-refractivity contribution in [2.45, 2.75) is 77.1 Å². The van der Waals surface area contributed by atoms with E-state index in [1.165, 1.54) is 0 Å². The van der Waals surface area contributed by atoms with Crippen molar-refractivity contribution < 1.29 is 14.3 Å². The van der Waals surface area contributed by atoms with Crippen molar-refractivity contribution >= 4 is 14.3 Å². The minimum absolute atomic E-state index is 0.110. The summed E-state index contributed by atoms with van der Waals surface area (Å²) in [5, 5.41) is 10.1. The number of hydrogen-bond donors (Lipinski definition) is 1. The third-order valence-corrected chi connectivity index (χ3v) is 11.0. The summed E-state index contributed by atoms with van der Waals surface area (Å²) >= 11 is 0. The molecule has 25 heavy (non-hydrogen) atoms. The van der Waals surface area contributed by atoms with Crippen LogP contribution in [0.5, 0.6) is 0 Å². The first-order valence-corrected chi connectivity index (χ1v) is 11.5. The average molecular weight is 363 g/mol. The molecule has 0 aliphatic rings. The van der Waals surface area contributed by atoms with Gasteiger partial charge in [0.25, 0.3) is 14.3 Å². The molecule has 1 aromatic rings. The average Bonchev–Trinajstić information content (AvgIpc) is 2.56. The van der Waals surface area contributed by atoms with E-state index in [4.69, 9.17) is 4.43 Å². The van der Waals surface area contributed by atoms with Crippen LogP contribution in [-0.4, -0.2) is 19.4 Å². The molecule has 0 fully saturated rings. The van der Waals surface area contributed by atoms with E-state index in [1.54, 1.807) is 6.08 Å². The van der Waals surface area contributed by atoms with Gasteiger partial charge >= 0.3 is 0 Å². The van der Waals surface area contributed by atoms with Gasteiger partial charge in [-0.1, -0.05) is 84.0 Å². The van der Waals surface area contributed by atoms with Crippen LogP contribution in [-0.2, 0) is 9.22 Å². The Bertz CT molecular complexity index is 528. The molecule has 0 radical (unpaired) electrons. The van der Waals surface area contributed by atoms with Gasteiger partial charge in [0, 0.05) is 6.42 Å². The zero-order valence-corrected chi connectivity index (χ0v) is 17.5. The predicted octanol–water partition coefficient (Wildman–Crippen LogP) is 5.78. The Labute approximate surface area is 154 Å². The zero-order chi connectivity index (χ0) is 19.0. The van der Waals surface area contributed by atoms with Crippen LogP contribution < -0.4 is 0 Å². The second kappa shape index (κ2) is 9.93. The topological polar surface area (TPSA) is 46.5 Å². The third kappa shape index (κ3) is 5.82. The highest BCUT2D eigenvalue weighted by atomic mass is 28.4. The molecule has 0 unspecified atom stereocenters. The summed E-state index contributed by atoms with van der Waals surface area (Å²) in [4.78, 5) is 12.4. The molecular weight excluding hydrogens is 328 g/mol. The van der Waals surface area contributed by atoms with Crippen LogP contribution in [0.15, 0.2) is 42.5 Å². The van der Waals surface area contributed by atoms with E-state index in [0.29, 0.717) is 29.5 Å². The smallest absolute Gasteiger partial charge is 0.292 e. The summed E-state index contributed by atoms with van der Waals surface area (Å²) in [6.45, 7) is 13.1. The van der Waals surface area contributed by atoms with Gasteiger partial charge in [-0.15, -0.1) is 0 Å². The number of carbonyl (C=O) groups excluding carboxylic acids is 1. The van der Waals surface area contributed by atoms with Crippen molar-refractivity contribution in [2.24, 2.45) is 0 Å². The van der Waals surface area contributed by atoms with Gasteiger partial charge in [0.1, 0.15) is 0 Å². The number of aliphatic hydroxyl groups is 1. The summed E-state index contributed by atoms with van der Waals surface area (Å²) in [5.74, 6) is -0.110. The van der Waals surface area contributed by atoms with Crippen molar-refractivity contribution in [1.82, 2.24) is 0 Å². The Kier molecular flexibility index (Phi) is 8.60. The Balaban J connectivity index is 2.60. The molecule has 0 amide bonds. The first-order chi connectivity index (χ1) is 11.7. The molecule has 1 rings (SSSR count). The second-order valence-corrected chi connectivity index (χ2v) is 13.0. The summed E-state index contributed by atoms with van der Waals surface area (Å²) in [6.07, 6.45) is 3.91. The van der Waals surface area contributed by atoms with Gasteiger partial charge in [-0.25, -0.2) is 0 Å². The standard InChI is InChI=1S/C21H34O3Si/c1-16(2)25(17(3)4,18(5)6)24-21(23)15-11-10-14-20(22)19-12-8-7-9-13-19/h7-10,12-14,16-18,20,22H,11,15H2,1-6H3/b14-10+/t20-/m1/s1. The van der Waals surface area contributed by atoms with Crippen LogP contribution >= 0.6 is 0 Å². The van der Waals surface area contributed by atoms with E-state index in [-0.39, 0.29) is 5.97 Å². The van der Waals surface area contributed by atoms with Crippen molar-refractivity contribution in [2.75, 3.05) is 0 Å². The van der Waals surface area contributed by atoms with Crippen molar-refractivity contribution in [3.63, 3.8) is 0 Å². The monoisotopic (exact) mass is 362 g/mol. The van der Waals surface area contributed by atoms with Crippen molar-refractivity contribution in [1.29, 1.82) is 0 Å². The first-order valence-electron chi connectivity index (χ1n) is 9.33. The molecule has 0 bridgehead atoms. The molecule has 0 spiro atoms. The van der Waals surface area contributed by atoms with Gasteiger partial charge in [0.15, 0.2) is 0 Å². The summed E-state index contributed by atoms with van der Waals surface area (Å²) in [7, 11) is -2.15. The van der Waals surface area contributed by atoms with Crippen molar-refractivity contribution in [3.8, 4) is 0 Å². The maximum Gasteiger partial charge on any atom is 0.292 e. The molecule has 0 aliphatic carbocycles. The number of allylic oxidation sites excluding steroid dienone is 1. The van der Waals surface area contributed by atoms with E-state index >= 15 is 0 Å². The molecule has 1 N–H and O–H groups in total. The number of rotatable bonds is 9. The van der Waals surface area contributed by atoms with E-state index in [2.05, 4.69) is 41.5 Å². The number of benzene rings is 1. The van der Waals surface area contributed by atoms with Crippen molar-refractivity contribution in [3.05, 3.63) is 48.0 Å². The van der Waals surface area contributed by atoms with Crippen LogP contribution in [0.1, 0.15) is 66.1 Å². The lowest BCUT2D eigenvalue weighted by molar-refractivity contribution is -0.135. The quantitative estimate of drug-likeness (QED) is 0.448. The largest absolute Gasteiger partial charge is 0.518 e. The van der Waals surface area contributed by atoms with Crippen LogP contribution in [0.2, 0.25) is 16.6 Å². The van der Waals surface area contributed by atoms with E-state index < -0.39 is 14.4 Å². The fraction of sp³-hybridized carbons (Fsp3) is 0.571. The van der Waals surface area contributed by atoms with Crippen LogP contribution in [0, 0.1) is 0 Å². The molecule has 0 aliphatic heterocycles. The highest BCUT2D eigenvalue weighted by Crippen LogP contribution is 2.42. The minimum atomic E-state index is -2.15. The number of carbonyl (C=O) groups is 1. The van der Waals surface area contributed by atoms with Gasteiger partial charge in [-0.3, -0.25) is 4.79 Å². The van der Waals surface area contributed by atoms with Crippen LogP contribution in [0.4, 0.5) is 0 Å². The van der Waals surface area contributed by atoms with Gasteiger partial charge in [-0.2, -0.15) is 0 Å². The number of aliphatic hydroxyl groups excluding tert-OH is 1. The molecule has 0 aromatic heterocycles. The predicted molar refractivity (Wildman–Crippen MR) is 107 cm³/mol. The molecular formula is C21H34O3Si. The molecule has 4 heteroatoms. The summed E-state index contributed by atoms with van der Waals surface area (Å²) in [5.41, 5.74) is 2.04. The normalized spacial score (nSPS) is 13.8. The van der Waals surface area contributed by atoms with Gasteiger partial charge in [0.2, 0.25) is 0 Å². The lowest BCUT2D eigenvalue weighted by Gasteiger charge is -2.41. The molecule has 1 aromatic carbocycles. The fourth-order valence-electron chi connectivity index (χ4n) is 3.79. The SMILES string of the molecule is CC(C)[Si](OC(=O)CC/C=C/[C@@H](O)c1ccccc1)(C(C)C)C(C)C. The maximum atomic E-state index is 12.4. The van der Waals surface area contributed by atoms with Crippen LogP contribution in [0.25, 0.3) is 0 Å². The third-order valence-electron chi connectivity index (χ3n) is 4.97. The van der Waals surface area contributed by atoms with E-state index in [0.717, 1.165) is 5.56 Å².